The third-order valence-corrected chi connectivity index (χ3v) is 3.96. The molecule has 0 unspecified atom stereocenters. The van der Waals surface area contributed by atoms with Gasteiger partial charge in [-0.15, -0.1) is 0 Å². The number of rotatable bonds is 7. The van der Waals surface area contributed by atoms with Crippen molar-refractivity contribution in [3.63, 3.8) is 0 Å². The van der Waals surface area contributed by atoms with Gasteiger partial charge >= 0.3 is 0 Å². The highest BCUT2D eigenvalue weighted by atomic mass is 16.1. The molecule has 106 valence electrons. The summed E-state index contributed by atoms with van der Waals surface area (Å²) in [7, 11) is 1.99. The van der Waals surface area contributed by atoms with Crippen molar-refractivity contribution in [3.05, 3.63) is 0 Å². The van der Waals surface area contributed by atoms with Gasteiger partial charge in [0, 0.05) is 24.9 Å². The number of nitrogens with one attached hydrogen (secondary N) is 2. The van der Waals surface area contributed by atoms with Gasteiger partial charge in [0.15, 0.2) is 0 Å². The highest BCUT2D eigenvalue weighted by molar-refractivity contribution is 5.75. The maximum Gasteiger partial charge on any atom is 0.220 e. The molecule has 0 heterocycles. The van der Waals surface area contributed by atoms with Crippen LogP contribution in [0.3, 0.4) is 0 Å². The van der Waals surface area contributed by atoms with Crippen LogP contribution in [0.4, 0.5) is 0 Å². The molecule has 1 aliphatic rings. The zero-order chi connectivity index (χ0) is 13.6. The van der Waals surface area contributed by atoms with Gasteiger partial charge in [0.05, 0.1) is 0 Å². The first-order chi connectivity index (χ1) is 8.37. The smallest absolute Gasteiger partial charge is 0.220 e. The standard InChI is InChI=1S/C15H30N2O/c1-14(2,3)8-5-7-13(18)17-12-15(11-16-4)9-6-10-15/h16H,5-12H2,1-4H3,(H,17,18). The Balaban J connectivity index is 2.16. The van der Waals surface area contributed by atoms with E-state index in [1.165, 1.54) is 19.3 Å². The Morgan fingerprint density at radius 3 is 2.33 bits per heavy atom. The van der Waals surface area contributed by atoms with Crippen molar-refractivity contribution in [2.24, 2.45) is 10.8 Å². The minimum atomic E-state index is 0.224. The predicted molar refractivity (Wildman–Crippen MR) is 76.5 cm³/mol. The summed E-state index contributed by atoms with van der Waals surface area (Å²) >= 11 is 0. The molecule has 2 N–H and O–H groups in total. The fourth-order valence-electron chi connectivity index (χ4n) is 2.62. The van der Waals surface area contributed by atoms with Crippen molar-refractivity contribution < 1.29 is 4.79 Å². The lowest BCUT2D eigenvalue weighted by Gasteiger charge is -2.42. The summed E-state index contributed by atoms with van der Waals surface area (Å²) in [5, 5.41) is 6.36. The molecule has 0 spiro atoms. The predicted octanol–water partition coefficient (Wildman–Crippen LogP) is 2.71. The monoisotopic (exact) mass is 254 g/mol. The Bertz CT molecular complexity index is 264. The molecule has 0 aromatic carbocycles. The molecule has 0 atom stereocenters. The summed E-state index contributed by atoms with van der Waals surface area (Å²) in [6, 6.07) is 0. The Hall–Kier alpha value is -0.570. The first-order valence-electron chi connectivity index (χ1n) is 7.28. The Labute approximate surface area is 112 Å². The largest absolute Gasteiger partial charge is 0.355 e. The maximum atomic E-state index is 11.8. The van der Waals surface area contributed by atoms with E-state index in [2.05, 4.69) is 31.4 Å². The van der Waals surface area contributed by atoms with Gasteiger partial charge < -0.3 is 10.6 Å². The van der Waals surface area contributed by atoms with E-state index in [-0.39, 0.29) is 5.91 Å². The van der Waals surface area contributed by atoms with E-state index in [4.69, 9.17) is 0 Å². The van der Waals surface area contributed by atoms with E-state index >= 15 is 0 Å². The van der Waals surface area contributed by atoms with Crippen LogP contribution >= 0.6 is 0 Å². The Morgan fingerprint density at radius 1 is 1.22 bits per heavy atom. The third kappa shape index (κ3) is 5.38. The number of amides is 1. The van der Waals surface area contributed by atoms with Gasteiger partial charge in [-0.1, -0.05) is 27.2 Å². The average molecular weight is 254 g/mol. The molecule has 1 saturated carbocycles. The van der Waals surface area contributed by atoms with Crippen LogP contribution in [0.1, 0.15) is 59.3 Å². The van der Waals surface area contributed by atoms with Crippen molar-refractivity contribution in [2.45, 2.75) is 59.3 Å². The lowest BCUT2D eigenvalue weighted by Crippen LogP contribution is -2.47. The second-order valence-corrected chi connectivity index (χ2v) is 7.07. The van der Waals surface area contributed by atoms with Gasteiger partial charge in [0.1, 0.15) is 0 Å². The highest BCUT2D eigenvalue weighted by Gasteiger charge is 2.36. The van der Waals surface area contributed by atoms with E-state index in [1.807, 2.05) is 7.05 Å². The van der Waals surface area contributed by atoms with Gasteiger partial charge in [0.25, 0.3) is 0 Å². The molecular formula is C15H30N2O. The molecule has 0 radical (unpaired) electrons. The molecule has 1 fully saturated rings. The summed E-state index contributed by atoms with van der Waals surface area (Å²) in [4.78, 5) is 11.8. The van der Waals surface area contributed by atoms with Gasteiger partial charge in [-0.05, 0) is 38.1 Å². The fourth-order valence-corrected chi connectivity index (χ4v) is 2.62. The first kappa shape index (κ1) is 15.5. The van der Waals surface area contributed by atoms with Crippen LogP contribution in [0.25, 0.3) is 0 Å². The quantitative estimate of drug-likeness (QED) is 0.733. The van der Waals surface area contributed by atoms with Crippen molar-refractivity contribution in [1.82, 2.24) is 10.6 Å². The first-order valence-corrected chi connectivity index (χ1v) is 7.28. The second kappa shape index (κ2) is 6.55. The van der Waals surface area contributed by atoms with Crippen LogP contribution in [0.2, 0.25) is 0 Å². The minimum Gasteiger partial charge on any atom is -0.355 e. The normalized spacial score (nSPS) is 18.2. The molecule has 3 heteroatoms. The SMILES string of the molecule is CNCC1(CNC(=O)CCCC(C)(C)C)CCC1. The number of hydrogen-bond acceptors (Lipinski definition) is 2. The van der Waals surface area contributed by atoms with Crippen LogP contribution in [0.5, 0.6) is 0 Å². The minimum absolute atomic E-state index is 0.224. The van der Waals surface area contributed by atoms with E-state index in [9.17, 15) is 4.79 Å². The van der Waals surface area contributed by atoms with Crippen molar-refractivity contribution in [3.8, 4) is 0 Å². The summed E-state index contributed by atoms with van der Waals surface area (Å²) in [6.07, 6.45) is 6.58. The zero-order valence-corrected chi connectivity index (χ0v) is 12.6. The lowest BCUT2D eigenvalue weighted by atomic mass is 9.68. The molecule has 0 aromatic heterocycles. The fraction of sp³-hybridized carbons (Fsp3) is 0.933. The molecule has 0 saturated heterocycles. The Morgan fingerprint density at radius 2 is 1.89 bits per heavy atom. The number of hydrogen-bond donors (Lipinski definition) is 2. The summed E-state index contributed by atoms with van der Waals surface area (Å²) in [5.41, 5.74) is 0.677. The molecule has 18 heavy (non-hydrogen) atoms. The molecule has 1 amide bonds. The average Bonchev–Trinajstić information content (AvgIpc) is 2.20. The van der Waals surface area contributed by atoms with Crippen molar-refractivity contribution in [1.29, 1.82) is 0 Å². The van der Waals surface area contributed by atoms with E-state index < -0.39 is 0 Å². The number of carbonyl (C=O) groups is 1. The maximum absolute atomic E-state index is 11.8. The van der Waals surface area contributed by atoms with E-state index in [0.717, 1.165) is 25.9 Å². The molecule has 0 aromatic rings. The summed E-state index contributed by atoms with van der Waals surface area (Å²) < 4.78 is 0. The van der Waals surface area contributed by atoms with E-state index in [0.29, 0.717) is 17.3 Å². The van der Waals surface area contributed by atoms with Crippen LogP contribution < -0.4 is 10.6 Å². The summed E-state index contributed by atoms with van der Waals surface area (Å²) in [5.74, 6) is 0.224. The van der Waals surface area contributed by atoms with Gasteiger partial charge in [-0.3, -0.25) is 4.79 Å². The molecule has 1 aliphatic carbocycles. The second-order valence-electron chi connectivity index (χ2n) is 7.07. The Kier molecular flexibility index (Phi) is 5.64. The lowest BCUT2D eigenvalue weighted by molar-refractivity contribution is -0.122. The van der Waals surface area contributed by atoms with Crippen LogP contribution in [0, 0.1) is 10.8 Å². The van der Waals surface area contributed by atoms with Gasteiger partial charge in [-0.25, -0.2) is 0 Å². The molecule has 0 bridgehead atoms. The van der Waals surface area contributed by atoms with Crippen LogP contribution in [-0.2, 0) is 4.79 Å². The highest BCUT2D eigenvalue weighted by Crippen LogP contribution is 2.39. The topological polar surface area (TPSA) is 41.1 Å². The van der Waals surface area contributed by atoms with Crippen LogP contribution in [-0.4, -0.2) is 26.0 Å². The van der Waals surface area contributed by atoms with Gasteiger partial charge in [-0.2, -0.15) is 0 Å². The van der Waals surface area contributed by atoms with Crippen molar-refractivity contribution >= 4 is 5.91 Å². The van der Waals surface area contributed by atoms with Gasteiger partial charge in [0.2, 0.25) is 5.91 Å². The molecule has 3 nitrogen and oxygen atoms in total. The number of carbonyl (C=O) groups excluding carboxylic acids is 1. The molecular weight excluding hydrogens is 224 g/mol. The zero-order valence-electron chi connectivity index (χ0n) is 12.6. The van der Waals surface area contributed by atoms with Crippen LogP contribution in [0.15, 0.2) is 0 Å². The van der Waals surface area contributed by atoms with E-state index in [1.54, 1.807) is 0 Å². The summed E-state index contributed by atoms with van der Waals surface area (Å²) in [6.45, 7) is 8.54. The van der Waals surface area contributed by atoms with Crippen molar-refractivity contribution in [2.75, 3.05) is 20.1 Å². The third-order valence-electron chi connectivity index (χ3n) is 3.96. The molecule has 0 aliphatic heterocycles. The molecule has 1 rings (SSSR count).